The highest BCUT2D eigenvalue weighted by molar-refractivity contribution is 7.99. The molecule has 1 unspecified atom stereocenters. The molecule has 0 aliphatic carbocycles. The molecular formula is C29H28N2O4S. The average molecular weight is 501 g/mol. The lowest BCUT2D eigenvalue weighted by Crippen LogP contribution is -2.37. The number of carboxylic acids is 1. The number of hydrogen-bond acceptors (Lipinski definition) is 6. The van der Waals surface area contributed by atoms with E-state index in [0.717, 1.165) is 39.8 Å². The molecule has 0 radical (unpaired) electrons. The van der Waals surface area contributed by atoms with Crippen LogP contribution in [0.1, 0.15) is 17.0 Å². The first-order valence-corrected chi connectivity index (χ1v) is 13.1. The number of ether oxygens (including phenoxy) is 1. The van der Waals surface area contributed by atoms with Crippen LogP contribution in [0.25, 0.3) is 22.6 Å². The third kappa shape index (κ3) is 5.64. The second kappa shape index (κ2) is 11.0. The third-order valence-electron chi connectivity index (χ3n) is 6.31. The van der Waals surface area contributed by atoms with Crippen molar-refractivity contribution in [1.82, 2.24) is 9.88 Å². The van der Waals surface area contributed by atoms with Gasteiger partial charge in [0.2, 0.25) is 5.89 Å². The largest absolute Gasteiger partial charge is 0.493 e. The van der Waals surface area contributed by atoms with E-state index in [1.165, 1.54) is 5.56 Å². The van der Waals surface area contributed by atoms with Crippen molar-refractivity contribution in [2.75, 3.05) is 18.2 Å². The summed E-state index contributed by atoms with van der Waals surface area (Å²) in [6.45, 7) is 3.04. The minimum atomic E-state index is -0.754. The predicted molar refractivity (Wildman–Crippen MR) is 142 cm³/mol. The molecule has 0 amide bonds. The number of benzene rings is 3. The fourth-order valence-electron chi connectivity index (χ4n) is 4.27. The zero-order valence-electron chi connectivity index (χ0n) is 20.1. The molecule has 1 saturated heterocycles. The van der Waals surface area contributed by atoms with Crippen LogP contribution in [0.5, 0.6) is 5.75 Å². The molecule has 2 heterocycles. The molecular weight excluding hydrogens is 472 g/mol. The first kappa shape index (κ1) is 24.2. The number of thioether (sulfide) groups is 1. The number of carbonyl (C=O) groups is 1. The van der Waals surface area contributed by atoms with E-state index in [1.54, 1.807) is 11.8 Å². The van der Waals surface area contributed by atoms with Crippen LogP contribution in [0.15, 0.2) is 83.3 Å². The Kier molecular flexibility index (Phi) is 7.39. The Morgan fingerprint density at radius 1 is 1.03 bits per heavy atom. The quantitative estimate of drug-likeness (QED) is 0.307. The molecule has 5 rings (SSSR count). The first-order valence-electron chi connectivity index (χ1n) is 12.0. The van der Waals surface area contributed by atoms with E-state index in [2.05, 4.69) is 24.3 Å². The normalized spacial score (nSPS) is 15.8. The number of oxazole rings is 1. The van der Waals surface area contributed by atoms with Crippen LogP contribution in [-0.2, 0) is 17.8 Å². The number of carboxylic acid groups (broad SMARTS) is 1. The van der Waals surface area contributed by atoms with Crippen molar-refractivity contribution >= 4 is 17.7 Å². The monoisotopic (exact) mass is 500 g/mol. The van der Waals surface area contributed by atoms with Crippen LogP contribution in [0, 0.1) is 6.92 Å². The Bertz CT molecular complexity index is 1300. The van der Waals surface area contributed by atoms with Crippen LogP contribution in [-0.4, -0.2) is 45.2 Å². The highest BCUT2D eigenvalue weighted by Gasteiger charge is 2.30. The van der Waals surface area contributed by atoms with Gasteiger partial charge in [0.1, 0.15) is 17.6 Å². The second-order valence-electron chi connectivity index (χ2n) is 8.81. The van der Waals surface area contributed by atoms with E-state index in [-0.39, 0.29) is 0 Å². The van der Waals surface area contributed by atoms with E-state index in [0.29, 0.717) is 31.2 Å². The van der Waals surface area contributed by atoms with E-state index < -0.39 is 12.0 Å². The SMILES string of the molecule is Cc1oc(-c2ccc(-c3ccccc3)cc2)nc1CCOc1ccc(CN2CSCC2C(=O)O)cc1. The second-order valence-corrected chi connectivity index (χ2v) is 9.81. The molecule has 1 aromatic heterocycles. The van der Waals surface area contributed by atoms with Crippen LogP contribution in [0.3, 0.4) is 0 Å². The molecule has 0 spiro atoms. The molecule has 1 fully saturated rings. The van der Waals surface area contributed by atoms with Gasteiger partial charge in [-0.3, -0.25) is 9.69 Å². The van der Waals surface area contributed by atoms with E-state index in [9.17, 15) is 9.90 Å². The smallest absolute Gasteiger partial charge is 0.321 e. The average Bonchev–Trinajstić information content (AvgIpc) is 3.52. The van der Waals surface area contributed by atoms with Crippen LogP contribution in [0.4, 0.5) is 0 Å². The number of aryl methyl sites for hydroxylation is 1. The lowest BCUT2D eigenvalue weighted by Gasteiger charge is -2.20. The Hall–Kier alpha value is -3.55. The highest BCUT2D eigenvalue weighted by Crippen LogP contribution is 2.27. The van der Waals surface area contributed by atoms with Gasteiger partial charge in [0.15, 0.2) is 0 Å². The maximum Gasteiger partial charge on any atom is 0.321 e. The zero-order chi connectivity index (χ0) is 24.9. The number of aromatic nitrogens is 1. The fourth-order valence-corrected chi connectivity index (χ4v) is 5.46. The predicted octanol–water partition coefficient (Wildman–Crippen LogP) is 5.90. The van der Waals surface area contributed by atoms with Crippen molar-refractivity contribution in [3.63, 3.8) is 0 Å². The summed E-state index contributed by atoms with van der Waals surface area (Å²) < 4.78 is 11.9. The molecule has 36 heavy (non-hydrogen) atoms. The molecule has 7 heteroatoms. The number of rotatable bonds is 9. The summed E-state index contributed by atoms with van der Waals surface area (Å²) in [7, 11) is 0. The maximum absolute atomic E-state index is 11.4. The Labute approximate surface area is 214 Å². The van der Waals surface area contributed by atoms with Gasteiger partial charge in [-0.15, -0.1) is 11.8 Å². The summed E-state index contributed by atoms with van der Waals surface area (Å²) in [6, 6.07) is 26.0. The van der Waals surface area contributed by atoms with E-state index in [4.69, 9.17) is 14.1 Å². The molecule has 184 valence electrons. The summed E-state index contributed by atoms with van der Waals surface area (Å²) in [6.07, 6.45) is 0.643. The maximum atomic E-state index is 11.4. The Morgan fingerprint density at radius 2 is 1.72 bits per heavy atom. The topological polar surface area (TPSA) is 75.8 Å². The van der Waals surface area contributed by atoms with Crippen molar-refractivity contribution in [3.8, 4) is 28.3 Å². The highest BCUT2D eigenvalue weighted by atomic mass is 32.2. The van der Waals surface area contributed by atoms with Gasteiger partial charge in [0.25, 0.3) is 0 Å². The van der Waals surface area contributed by atoms with Crippen molar-refractivity contribution < 1.29 is 19.1 Å². The minimum absolute atomic E-state index is 0.414. The number of hydrogen-bond donors (Lipinski definition) is 1. The standard InChI is InChI=1S/C29H28N2O4S/c1-20-26(30-28(35-20)24-11-9-23(10-12-24)22-5-3-2-4-6-22)15-16-34-25-13-7-21(8-14-25)17-31-19-36-18-27(31)29(32)33/h2-14,27H,15-19H2,1H3,(H,32,33). The molecule has 0 saturated carbocycles. The summed E-state index contributed by atoms with van der Waals surface area (Å²) >= 11 is 1.66. The minimum Gasteiger partial charge on any atom is -0.493 e. The Balaban J connectivity index is 1.15. The van der Waals surface area contributed by atoms with Crippen molar-refractivity contribution in [2.24, 2.45) is 0 Å². The number of nitrogens with zero attached hydrogens (tertiary/aromatic N) is 2. The molecule has 4 aromatic rings. The van der Waals surface area contributed by atoms with Gasteiger partial charge in [-0.05, 0) is 47.9 Å². The third-order valence-corrected chi connectivity index (χ3v) is 7.37. The molecule has 3 aromatic carbocycles. The van der Waals surface area contributed by atoms with Gasteiger partial charge >= 0.3 is 5.97 Å². The van der Waals surface area contributed by atoms with Crippen molar-refractivity contribution in [3.05, 3.63) is 95.9 Å². The first-order chi connectivity index (χ1) is 17.6. The lowest BCUT2D eigenvalue weighted by molar-refractivity contribution is -0.141. The van der Waals surface area contributed by atoms with Crippen LogP contribution < -0.4 is 4.74 Å². The summed E-state index contributed by atoms with van der Waals surface area (Å²) in [5.74, 6) is 2.82. The summed E-state index contributed by atoms with van der Waals surface area (Å²) in [5, 5.41) is 9.35. The lowest BCUT2D eigenvalue weighted by atomic mass is 10.0. The molecule has 1 aliphatic rings. The van der Waals surface area contributed by atoms with Gasteiger partial charge in [0, 0.05) is 30.2 Å². The fraction of sp³-hybridized carbons (Fsp3) is 0.241. The van der Waals surface area contributed by atoms with Crippen molar-refractivity contribution in [1.29, 1.82) is 0 Å². The zero-order valence-corrected chi connectivity index (χ0v) is 20.9. The molecule has 1 aliphatic heterocycles. The van der Waals surface area contributed by atoms with Crippen LogP contribution >= 0.6 is 11.8 Å². The Morgan fingerprint density at radius 3 is 2.44 bits per heavy atom. The molecule has 1 atom stereocenters. The summed E-state index contributed by atoms with van der Waals surface area (Å²) in [4.78, 5) is 18.1. The summed E-state index contributed by atoms with van der Waals surface area (Å²) in [5.41, 5.74) is 5.25. The van der Waals surface area contributed by atoms with Gasteiger partial charge < -0.3 is 14.3 Å². The van der Waals surface area contributed by atoms with Crippen LogP contribution in [0.2, 0.25) is 0 Å². The van der Waals surface area contributed by atoms with Gasteiger partial charge in [-0.25, -0.2) is 4.98 Å². The molecule has 1 N–H and O–H groups in total. The van der Waals surface area contributed by atoms with E-state index >= 15 is 0 Å². The van der Waals surface area contributed by atoms with Crippen molar-refractivity contribution in [2.45, 2.75) is 25.9 Å². The molecule has 6 nitrogen and oxygen atoms in total. The molecule has 0 bridgehead atoms. The number of aliphatic carboxylic acids is 1. The van der Waals surface area contributed by atoms with Gasteiger partial charge in [-0.1, -0.05) is 54.6 Å². The van der Waals surface area contributed by atoms with Gasteiger partial charge in [-0.2, -0.15) is 0 Å². The van der Waals surface area contributed by atoms with Gasteiger partial charge in [0.05, 0.1) is 12.3 Å². The van der Waals surface area contributed by atoms with E-state index in [1.807, 2.05) is 66.4 Å².